The van der Waals surface area contributed by atoms with Gasteiger partial charge in [0.1, 0.15) is 18.5 Å². The van der Waals surface area contributed by atoms with E-state index in [2.05, 4.69) is 32.9 Å². The van der Waals surface area contributed by atoms with Gasteiger partial charge in [0.15, 0.2) is 0 Å². The van der Waals surface area contributed by atoms with Crippen LogP contribution in [0.1, 0.15) is 16.7 Å². The van der Waals surface area contributed by atoms with E-state index >= 15 is 0 Å². The van der Waals surface area contributed by atoms with Crippen LogP contribution >= 0.6 is 0 Å². The van der Waals surface area contributed by atoms with Crippen molar-refractivity contribution in [3.05, 3.63) is 28.8 Å². The molecule has 0 fully saturated rings. The van der Waals surface area contributed by atoms with Gasteiger partial charge in [0.2, 0.25) is 0 Å². The molecule has 0 N–H and O–H groups in total. The molecule has 17 heavy (non-hydrogen) atoms. The number of rotatable bonds is 6. The van der Waals surface area contributed by atoms with Crippen LogP contribution in [0.25, 0.3) is 0 Å². The molecule has 0 saturated heterocycles. The number of aryl methyl sites for hydroxylation is 3. The molecule has 1 aromatic rings. The van der Waals surface area contributed by atoms with Gasteiger partial charge < -0.3 is 14.2 Å². The van der Waals surface area contributed by atoms with E-state index < -0.39 is 0 Å². The van der Waals surface area contributed by atoms with Crippen molar-refractivity contribution >= 4 is 0 Å². The highest BCUT2D eigenvalue weighted by Crippen LogP contribution is 2.24. The van der Waals surface area contributed by atoms with E-state index in [-0.39, 0.29) is 6.10 Å². The van der Waals surface area contributed by atoms with Gasteiger partial charge in [-0.25, -0.2) is 0 Å². The first-order valence-corrected chi connectivity index (χ1v) is 5.80. The highest BCUT2D eigenvalue weighted by atomic mass is 16.5. The van der Waals surface area contributed by atoms with E-state index in [0.29, 0.717) is 13.2 Å². The van der Waals surface area contributed by atoms with E-state index in [0.717, 1.165) is 16.9 Å². The third kappa shape index (κ3) is 4.02. The van der Waals surface area contributed by atoms with Gasteiger partial charge in [-0.05, 0) is 31.9 Å². The lowest BCUT2D eigenvalue weighted by Gasteiger charge is -2.18. The Morgan fingerprint density at radius 1 is 1.00 bits per heavy atom. The summed E-state index contributed by atoms with van der Waals surface area (Å²) >= 11 is 0. The van der Waals surface area contributed by atoms with E-state index in [1.807, 2.05) is 0 Å². The lowest BCUT2D eigenvalue weighted by atomic mass is 10.1. The summed E-state index contributed by atoms with van der Waals surface area (Å²) in [7, 11) is 3.33. The number of hydrogen-bond donors (Lipinski definition) is 0. The molecular weight excluding hydrogens is 216 g/mol. The molecule has 3 heteroatoms. The zero-order valence-corrected chi connectivity index (χ0v) is 11.4. The fraction of sp³-hybridized carbons (Fsp3) is 0.571. The molecule has 1 atom stereocenters. The molecule has 1 rings (SSSR count). The Bertz CT molecular complexity index is 337. The van der Waals surface area contributed by atoms with E-state index in [1.54, 1.807) is 14.2 Å². The van der Waals surface area contributed by atoms with Crippen LogP contribution < -0.4 is 4.74 Å². The number of benzene rings is 1. The monoisotopic (exact) mass is 238 g/mol. The Morgan fingerprint density at radius 2 is 1.59 bits per heavy atom. The van der Waals surface area contributed by atoms with Crippen molar-refractivity contribution in [3.63, 3.8) is 0 Å². The molecule has 1 aromatic carbocycles. The van der Waals surface area contributed by atoms with Crippen molar-refractivity contribution < 1.29 is 14.2 Å². The topological polar surface area (TPSA) is 27.7 Å². The summed E-state index contributed by atoms with van der Waals surface area (Å²) in [5.41, 5.74) is 3.58. The lowest BCUT2D eigenvalue weighted by Crippen LogP contribution is -2.25. The molecule has 0 heterocycles. The number of hydrogen-bond acceptors (Lipinski definition) is 3. The normalized spacial score (nSPS) is 12.5. The van der Waals surface area contributed by atoms with Crippen molar-refractivity contribution in [2.45, 2.75) is 26.9 Å². The van der Waals surface area contributed by atoms with Gasteiger partial charge >= 0.3 is 0 Å². The molecule has 3 nitrogen and oxygen atoms in total. The Hall–Kier alpha value is -1.06. The molecule has 0 aliphatic carbocycles. The number of methoxy groups -OCH3 is 2. The van der Waals surface area contributed by atoms with Crippen LogP contribution in [-0.2, 0) is 9.47 Å². The maximum absolute atomic E-state index is 5.82. The van der Waals surface area contributed by atoms with Gasteiger partial charge in [-0.15, -0.1) is 0 Å². The van der Waals surface area contributed by atoms with Crippen LogP contribution in [-0.4, -0.2) is 33.5 Å². The standard InChI is InChI=1S/C14H22O3/c1-10-6-11(2)14(12(3)7-10)17-9-13(16-5)8-15-4/h6-7,13H,8-9H2,1-5H3. The molecule has 0 amide bonds. The summed E-state index contributed by atoms with van der Waals surface area (Å²) in [5.74, 6) is 0.953. The summed E-state index contributed by atoms with van der Waals surface area (Å²) < 4.78 is 16.1. The lowest BCUT2D eigenvalue weighted by molar-refractivity contribution is 0.000615. The summed E-state index contributed by atoms with van der Waals surface area (Å²) in [5, 5.41) is 0. The van der Waals surface area contributed by atoms with Crippen LogP contribution in [0.5, 0.6) is 5.75 Å². The first-order chi connectivity index (χ1) is 8.08. The maximum atomic E-state index is 5.82. The average Bonchev–Trinajstić information content (AvgIpc) is 2.26. The third-order valence-corrected chi connectivity index (χ3v) is 2.70. The molecule has 0 radical (unpaired) electrons. The molecule has 0 spiro atoms. The van der Waals surface area contributed by atoms with Gasteiger partial charge in [-0.3, -0.25) is 0 Å². The SMILES string of the molecule is COCC(COc1c(C)cc(C)cc1C)OC. The molecular formula is C14H22O3. The van der Waals surface area contributed by atoms with E-state index in [4.69, 9.17) is 14.2 Å². The fourth-order valence-electron chi connectivity index (χ4n) is 1.94. The van der Waals surface area contributed by atoms with Crippen LogP contribution in [0.4, 0.5) is 0 Å². The average molecular weight is 238 g/mol. The van der Waals surface area contributed by atoms with Gasteiger partial charge in [0.05, 0.1) is 6.61 Å². The first kappa shape index (κ1) is 14.0. The van der Waals surface area contributed by atoms with Gasteiger partial charge in [-0.1, -0.05) is 17.7 Å². The Balaban J connectivity index is 2.68. The molecule has 0 aliphatic rings. The summed E-state index contributed by atoms with van der Waals surface area (Å²) in [6.45, 7) is 7.27. The van der Waals surface area contributed by atoms with Crippen molar-refractivity contribution in [3.8, 4) is 5.75 Å². The Morgan fingerprint density at radius 3 is 2.06 bits per heavy atom. The fourth-order valence-corrected chi connectivity index (χ4v) is 1.94. The van der Waals surface area contributed by atoms with Crippen LogP contribution in [0.3, 0.4) is 0 Å². The molecule has 96 valence electrons. The second-order valence-electron chi connectivity index (χ2n) is 4.35. The van der Waals surface area contributed by atoms with Crippen molar-refractivity contribution in [2.75, 3.05) is 27.4 Å². The van der Waals surface area contributed by atoms with Gasteiger partial charge in [-0.2, -0.15) is 0 Å². The Labute approximate surface area is 104 Å². The second kappa shape index (κ2) is 6.62. The van der Waals surface area contributed by atoms with Crippen LogP contribution in [0.2, 0.25) is 0 Å². The first-order valence-electron chi connectivity index (χ1n) is 5.80. The molecule has 0 bridgehead atoms. The van der Waals surface area contributed by atoms with Crippen molar-refractivity contribution in [1.29, 1.82) is 0 Å². The van der Waals surface area contributed by atoms with E-state index in [9.17, 15) is 0 Å². The number of ether oxygens (including phenoxy) is 3. The summed E-state index contributed by atoms with van der Waals surface area (Å²) in [4.78, 5) is 0. The summed E-state index contributed by atoms with van der Waals surface area (Å²) in [6.07, 6.45) is -0.0277. The minimum atomic E-state index is -0.0277. The largest absolute Gasteiger partial charge is 0.490 e. The molecule has 1 unspecified atom stereocenters. The minimum absolute atomic E-state index is 0.0277. The molecule has 0 saturated carbocycles. The van der Waals surface area contributed by atoms with Gasteiger partial charge in [0, 0.05) is 14.2 Å². The van der Waals surface area contributed by atoms with Crippen LogP contribution in [0, 0.1) is 20.8 Å². The predicted octanol–water partition coefficient (Wildman–Crippen LogP) is 2.65. The summed E-state index contributed by atoms with van der Waals surface area (Å²) in [6, 6.07) is 4.25. The predicted molar refractivity (Wildman–Crippen MR) is 68.8 cm³/mol. The van der Waals surface area contributed by atoms with Crippen LogP contribution in [0.15, 0.2) is 12.1 Å². The second-order valence-corrected chi connectivity index (χ2v) is 4.35. The molecule has 0 aliphatic heterocycles. The zero-order valence-electron chi connectivity index (χ0n) is 11.4. The third-order valence-electron chi connectivity index (χ3n) is 2.70. The Kier molecular flexibility index (Phi) is 5.45. The van der Waals surface area contributed by atoms with Crippen molar-refractivity contribution in [2.24, 2.45) is 0 Å². The quantitative estimate of drug-likeness (QED) is 0.762. The maximum Gasteiger partial charge on any atom is 0.125 e. The van der Waals surface area contributed by atoms with Crippen molar-refractivity contribution in [1.82, 2.24) is 0 Å². The smallest absolute Gasteiger partial charge is 0.125 e. The van der Waals surface area contributed by atoms with E-state index in [1.165, 1.54) is 5.56 Å². The highest BCUT2D eigenvalue weighted by Gasteiger charge is 2.10. The zero-order chi connectivity index (χ0) is 12.8. The highest BCUT2D eigenvalue weighted by molar-refractivity contribution is 5.42. The minimum Gasteiger partial charge on any atom is -0.490 e. The van der Waals surface area contributed by atoms with Gasteiger partial charge in [0.25, 0.3) is 0 Å². The molecule has 0 aromatic heterocycles.